The first kappa shape index (κ1) is 16.0. The van der Waals surface area contributed by atoms with Crippen molar-refractivity contribution in [3.63, 3.8) is 0 Å². The second-order valence-corrected chi connectivity index (χ2v) is 7.19. The minimum absolute atomic E-state index is 0.0237. The van der Waals surface area contributed by atoms with Crippen molar-refractivity contribution in [3.8, 4) is 5.75 Å². The van der Waals surface area contributed by atoms with Gasteiger partial charge in [0.25, 0.3) is 0 Å². The number of fused-ring (bicyclic) bond motifs is 1. The van der Waals surface area contributed by atoms with Gasteiger partial charge < -0.3 is 10.1 Å². The Hall–Kier alpha value is -1.89. The van der Waals surface area contributed by atoms with Gasteiger partial charge in [0.15, 0.2) is 0 Å². The molecule has 0 fully saturated rings. The van der Waals surface area contributed by atoms with Crippen molar-refractivity contribution < 1.29 is 13.2 Å². The van der Waals surface area contributed by atoms with Crippen molar-refractivity contribution in [2.45, 2.75) is 17.4 Å². The summed E-state index contributed by atoms with van der Waals surface area (Å²) in [6.07, 6.45) is 0.964. The average molecular weight is 332 g/mol. The van der Waals surface area contributed by atoms with Crippen LogP contribution in [0, 0.1) is 0 Å². The fraction of sp³-hybridized carbons (Fsp3) is 0.294. The lowest BCUT2D eigenvalue weighted by molar-refractivity contribution is 0.402. The van der Waals surface area contributed by atoms with E-state index in [-0.39, 0.29) is 10.9 Å². The number of hydrogen-bond donors (Lipinski definition) is 2. The Morgan fingerprint density at radius 2 is 1.91 bits per heavy atom. The maximum atomic E-state index is 12.5. The van der Waals surface area contributed by atoms with E-state index in [4.69, 9.17) is 4.74 Å². The van der Waals surface area contributed by atoms with Crippen LogP contribution in [-0.2, 0) is 16.4 Å². The van der Waals surface area contributed by atoms with Gasteiger partial charge in [-0.05, 0) is 36.2 Å². The highest BCUT2D eigenvalue weighted by atomic mass is 32.2. The molecule has 122 valence electrons. The van der Waals surface area contributed by atoms with Crippen molar-refractivity contribution in [3.05, 3.63) is 59.7 Å². The average Bonchev–Trinajstić information content (AvgIpc) is 2.60. The number of benzene rings is 2. The van der Waals surface area contributed by atoms with Gasteiger partial charge in [-0.2, -0.15) is 0 Å². The van der Waals surface area contributed by atoms with Crippen molar-refractivity contribution >= 4 is 10.0 Å². The van der Waals surface area contributed by atoms with Gasteiger partial charge in [-0.3, -0.25) is 0 Å². The molecule has 0 aliphatic carbocycles. The van der Waals surface area contributed by atoms with Crippen LogP contribution in [0.4, 0.5) is 0 Å². The lowest BCUT2D eigenvalue weighted by atomic mass is 9.95. The Morgan fingerprint density at radius 1 is 1.17 bits per heavy atom. The molecule has 0 bridgehead atoms. The molecule has 23 heavy (non-hydrogen) atoms. The van der Waals surface area contributed by atoms with Crippen molar-refractivity contribution in [2.75, 3.05) is 20.2 Å². The van der Waals surface area contributed by atoms with E-state index < -0.39 is 10.0 Å². The maximum absolute atomic E-state index is 12.5. The van der Waals surface area contributed by atoms with E-state index in [1.807, 2.05) is 18.2 Å². The van der Waals surface area contributed by atoms with Crippen LogP contribution < -0.4 is 14.8 Å². The lowest BCUT2D eigenvalue weighted by Gasteiger charge is -2.27. The van der Waals surface area contributed by atoms with Gasteiger partial charge in [0.05, 0.1) is 7.11 Å². The van der Waals surface area contributed by atoms with E-state index in [0.29, 0.717) is 12.3 Å². The number of para-hydroxylation sites is 1. The highest BCUT2D eigenvalue weighted by Crippen LogP contribution is 2.25. The fourth-order valence-corrected chi connectivity index (χ4v) is 4.10. The third-order valence-corrected chi connectivity index (χ3v) is 5.51. The molecule has 0 radical (unpaired) electrons. The summed E-state index contributed by atoms with van der Waals surface area (Å²) >= 11 is 0. The summed E-state index contributed by atoms with van der Waals surface area (Å²) in [4.78, 5) is 0.159. The molecule has 1 heterocycles. The molecule has 0 amide bonds. The molecule has 5 nitrogen and oxygen atoms in total. The smallest absolute Gasteiger partial charge is 0.244 e. The Balaban J connectivity index is 1.78. The molecular formula is C17H20N2O3S. The van der Waals surface area contributed by atoms with Gasteiger partial charge in [0, 0.05) is 12.6 Å². The van der Waals surface area contributed by atoms with E-state index in [0.717, 1.165) is 18.5 Å². The summed E-state index contributed by atoms with van der Waals surface area (Å²) in [7, 11) is -2.15. The molecule has 1 aliphatic rings. The number of sulfonamides is 1. The summed E-state index contributed by atoms with van der Waals surface area (Å²) in [5.41, 5.74) is 2.43. The summed E-state index contributed by atoms with van der Waals surface area (Å²) < 4.78 is 32.9. The van der Waals surface area contributed by atoms with Crippen LogP contribution in [0.15, 0.2) is 53.4 Å². The van der Waals surface area contributed by atoms with Crippen LogP contribution in [0.2, 0.25) is 0 Å². The summed E-state index contributed by atoms with van der Waals surface area (Å²) in [5.74, 6) is 0.344. The standard InChI is InChI=1S/C17H20N2O3S/c1-22-16-8-4-5-9-17(16)23(20,21)19-12-15-14-7-3-2-6-13(14)10-11-18-15/h2-9,15,18-19H,10-12H2,1H3. The van der Waals surface area contributed by atoms with Gasteiger partial charge in [-0.25, -0.2) is 13.1 Å². The lowest BCUT2D eigenvalue weighted by Crippen LogP contribution is -2.38. The first-order valence-electron chi connectivity index (χ1n) is 7.55. The van der Waals surface area contributed by atoms with Crippen LogP contribution in [-0.4, -0.2) is 28.6 Å². The minimum Gasteiger partial charge on any atom is -0.495 e. The van der Waals surface area contributed by atoms with Crippen molar-refractivity contribution in [2.24, 2.45) is 0 Å². The number of nitrogens with one attached hydrogen (secondary N) is 2. The maximum Gasteiger partial charge on any atom is 0.244 e. The zero-order valence-electron chi connectivity index (χ0n) is 13.0. The van der Waals surface area contributed by atoms with Gasteiger partial charge in [0.1, 0.15) is 10.6 Å². The summed E-state index contributed by atoms with van der Waals surface area (Å²) in [5, 5.41) is 3.37. The highest BCUT2D eigenvalue weighted by Gasteiger charge is 2.23. The minimum atomic E-state index is -3.62. The van der Waals surface area contributed by atoms with E-state index in [2.05, 4.69) is 16.1 Å². The van der Waals surface area contributed by atoms with Gasteiger partial charge in [-0.1, -0.05) is 36.4 Å². The summed E-state index contributed by atoms with van der Waals surface area (Å²) in [6.45, 7) is 1.15. The van der Waals surface area contributed by atoms with Crippen molar-refractivity contribution in [1.29, 1.82) is 0 Å². The topological polar surface area (TPSA) is 67.4 Å². The van der Waals surface area contributed by atoms with Gasteiger partial charge in [-0.15, -0.1) is 0 Å². The molecule has 1 unspecified atom stereocenters. The molecular weight excluding hydrogens is 312 g/mol. The third-order valence-electron chi connectivity index (χ3n) is 4.05. The van der Waals surface area contributed by atoms with Gasteiger partial charge >= 0.3 is 0 Å². The Morgan fingerprint density at radius 3 is 2.74 bits per heavy atom. The molecule has 6 heteroatoms. The predicted molar refractivity (Wildman–Crippen MR) is 89.1 cm³/mol. The fourth-order valence-electron chi connectivity index (χ4n) is 2.89. The van der Waals surface area contributed by atoms with E-state index in [9.17, 15) is 8.42 Å². The molecule has 2 aromatic rings. The zero-order chi connectivity index (χ0) is 16.3. The van der Waals surface area contributed by atoms with Gasteiger partial charge in [0.2, 0.25) is 10.0 Å². The Kier molecular flexibility index (Phi) is 4.66. The molecule has 2 aromatic carbocycles. The van der Waals surface area contributed by atoms with Crippen LogP contribution >= 0.6 is 0 Å². The highest BCUT2D eigenvalue weighted by molar-refractivity contribution is 7.89. The molecule has 2 N–H and O–H groups in total. The second-order valence-electron chi connectivity index (χ2n) is 5.46. The normalized spacial score (nSPS) is 17.5. The Labute approximate surface area is 136 Å². The molecule has 1 atom stereocenters. The first-order chi connectivity index (χ1) is 11.1. The molecule has 0 saturated carbocycles. The monoisotopic (exact) mass is 332 g/mol. The van der Waals surface area contributed by atoms with E-state index >= 15 is 0 Å². The number of hydrogen-bond acceptors (Lipinski definition) is 4. The van der Waals surface area contributed by atoms with E-state index in [1.165, 1.54) is 12.7 Å². The second kappa shape index (κ2) is 6.70. The molecule has 0 spiro atoms. The Bertz CT molecular complexity index is 790. The SMILES string of the molecule is COc1ccccc1S(=O)(=O)NCC1NCCc2ccccc21. The quantitative estimate of drug-likeness (QED) is 0.877. The van der Waals surface area contributed by atoms with Crippen LogP contribution in [0.1, 0.15) is 17.2 Å². The molecule has 0 aromatic heterocycles. The predicted octanol–water partition coefficient (Wildman–Crippen LogP) is 1.86. The van der Waals surface area contributed by atoms with E-state index in [1.54, 1.807) is 24.3 Å². The number of ether oxygens (including phenoxy) is 1. The summed E-state index contributed by atoms with van der Waals surface area (Å²) in [6, 6.07) is 14.7. The first-order valence-corrected chi connectivity index (χ1v) is 9.04. The van der Waals surface area contributed by atoms with Crippen molar-refractivity contribution in [1.82, 2.24) is 10.0 Å². The molecule has 3 rings (SSSR count). The number of rotatable bonds is 5. The largest absolute Gasteiger partial charge is 0.495 e. The zero-order valence-corrected chi connectivity index (χ0v) is 13.8. The third kappa shape index (κ3) is 3.39. The number of methoxy groups -OCH3 is 1. The van der Waals surface area contributed by atoms with Crippen LogP contribution in [0.25, 0.3) is 0 Å². The van der Waals surface area contributed by atoms with Crippen LogP contribution in [0.5, 0.6) is 5.75 Å². The molecule has 1 aliphatic heterocycles. The molecule has 0 saturated heterocycles. The van der Waals surface area contributed by atoms with Crippen LogP contribution in [0.3, 0.4) is 0 Å².